The number of carbonyl (C=O) groups is 2. The third-order valence-corrected chi connectivity index (χ3v) is 7.79. The van der Waals surface area contributed by atoms with Crippen LogP contribution < -0.4 is 25.0 Å². The topological polar surface area (TPSA) is 102 Å². The summed E-state index contributed by atoms with van der Waals surface area (Å²) in [5, 5.41) is 7.38. The van der Waals surface area contributed by atoms with E-state index in [2.05, 4.69) is 15.6 Å². The molecule has 0 spiro atoms. The maximum Gasteiger partial charge on any atom is 0.414 e. The van der Waals surface area contributed by atoms with Crippen molar-refractivity contribution < 1.29 is 23.8 Å². The van der Waals surface area contributed by atoms with Crippen LogP contribution in [0.5, 0.6) is 11.6 Å². The molecule has 186 valence electrons. The summed E-state index contributed by atoms with van der Waals surface area (Å²) >= 11 is 1.50. The lowest BCUT2D eigenvalue weighted by Crippen LogP contribution is -2.32. The molecule has 2 atom stereocenters. The van der Waals surface area contributed by atoms with Crippen LogP contribution in [0.2, 0.25) is 0 Å². The van der Waals surface area contributed by atoms with Crippen LogP contribution in [0.1, 0.15) is 17.9 Å². The molecular weight excluding hydrogens is 480 g/mol. The highest BCUT2D eigenvalue weighted by Gasteiger charge is 2.33. The number of hydrogen-bond acceptors (Lipinski definition) is 8. The zero-order chi connectivity index (χ0) is 24.6. The van der Waals surface area contributed by atoms with Crippen LogP contribution >= 0.6 is 11.8 Å². The van der Waals surface area contributed by atoms with Gasteiger partial charge in [0, 0.05) is 40.1 Å². The smallest absolute Gasteiger partial charge is 0.414 e. The predicted octanol–water partition coefficient (Wildman–Crippen LogP) is 3.77. The number of nitrogens with one attached hydrogen (secondary N) is 2. The first-order chi connectivity index (χ1) is 17.6. The van der Waals surface area contributed by atoms with Crippen molar-refractivity contribution in [1.82, 2.24) is 10.3 Å². The molecule has 4 heterocycles. The molecule has 10 heteroatoms. The molecule has 2 amide bonds. The molecule has 1 fully saturated rings. The SMILES string of the molecule is COc1ccc2ccc3c(c2n1)[C@H](CCNC[C@@H]1CN(c2ccc4c(c2)NC(=O)CS4)C(=O)O1)CO3. The number of pyridine rings is 1. The van der Waals surface area contributed by atoms with Crippen LogP contribution in [0.15, 0.2) is 47.4 Å². The van der Waals surface area contributed by atoms with Crippen LogP contribution in [-0.4, -0.2) is 62.2 Å². The Labute approximate surface area is 212 Å². The highest BCUT2D eigenvalue weighted by atomic mass is 32.2. The Hall–Kier alpha value is -3.50. The second kappa shape index (κ2) is 9.51. The van der Waals surface area contributed by atoms with Gasteiger partial charge in [0.25, 0.3) is 0 Å². The number of aromatic nitrogens is 1. The van der Waals surface area contributed by atoms with Crippen molar-refractivity contribution in [2.24, 2.45) is 0 Å². The molecule has 0 radical (unpaired) electrons. The number of anilines is 2. The summed E-state index contributed by atoms with van der Waals surface area (Å²) in [6, 6.07) is 13.6. The summed E-state index contributed by atoms with van der Waals surface area (Å²) in [5.41, 5.74) is 3.51. The maximum atomic E-state index is 12.5. The standard InChI is InChI=1S/C26H26N4O5S/c1-33-23-7-3-15-2-5-20-24(25(15)29-23)16(13-34-20)8-9-27-11-18-12-30(26(32)35-18)17-4-6-21-19(10-17)28-22(31)14-36-21/h2-7,10,16,18,27H,8-9,11-14H2,1H3,(H,28,31)/t16-,18-/m1/s1. The molecule has 0 unspecified atom stereocenters. The van der Waals surface area contributed by atoms with Gasteiger partial charge in [-0.3, -0.25) is 9.69 Å². The molecule has 2 N–H and O–H groups in total. The van der Waals surface area contributed by atoms with Crippen LogP contribution in [0.25, 0.3) is 10.9 Å². The van der Waals surface area contributed by atoms with Crippen LogP contribution in [0.3, 0.4) is 0 Å². The zero-order valence-corrected chi connectivity index (χ0v) is 20.6. The van der Waals surface area contributed by atoms with E-state index in [0.29, 0.717) is 31.3 Å². The molecule has 2 aromatic carbocycles. The van der Waals surface area contributed by atoms with Crippen molar-refractivity contribution in [2.45, 2.75) is 23.3 Å². The lowest BCUT2D eigenvalue weighted by molar-refractivity contribution is -0.113. The Bertz CT molecular complexity index is 1350. The van der Waals surface area contributed by atoms with Crippen LogP contribution in [-0.2, 0) is 9.53 Å². The van der Waals surface area contributed by atoms with Crippen molar-refractivity contribution in [3.8, 4) is 11.6 Å². The number of thioether (sulfide) groups is 1. The van der Waals surface area contributed by atoms with E-state index in [1.807, 2.05) is 42.5 Å². The first-order valence-electron chi connectivity index (χ1n) is 11.9. The fourth-order valence-electron chi connectivity index (χ4n) is 4.93. The highest BCUT2D eigenvalue weighted by molar-refractivity contribution is 8.00. The van der Waals surface area contributed by atoms with Gasteiger partial charge >= 0.3 is 6.09 Å². The van der Waals surface area contributed by atoms with E-state index in [9.17, 15) is 9.59 Å². The Balaban J connectivity index is 1.05. The van der Waals surface area contributed by atoms with Crippen molar-refractivity contribution >= 4 is 46.0 Å². The Morgan fingerprint density at radius 3 is 3.00 bits per heavy atom. The molecule has 0 aliphatic carbocycles. The summed E-state index contributed by atoms with van der Waals surface area (Å²) in [7, 11) is 1.62. The van der Waals surface area contributed by atoms with Gasteiger partial charge in [-0.2, -0.15) is 0 Å². The largest absolute Gasteiger partial charge is 0.493 e. The first-order valence-corrected chi connectivity index (χ1v) is 12.9. The highest BCUT2D eigenvalue weighted by Crippen LogP contribution is 2.40. The van der Waals surface area contributed by atoms with Crippen LogP contribution in [0, 0.1) is 0 Å². The fourth-order valence-corrected chi connectivity index (χ4v) is 5.72. The lowest BCUT2D eigenvalue weighted by Gasteiger charge is -2.20. The van der Waals surface area contributed by atoms with Gasteiger partial charge < -0.3 is 24.8 Å². The summed E-state index contributed by atoms with van der Waals surface area (Å²) in [5.74, 6) is 2.07. The van der Waals surface area contributed by atoms with Crippen LogP contribution in [0.4, 0.5) is 16.2 Å². The number of hydrogen-bond donors (Lipinski definition) is 2. The molecule has 6 rings (SSSR count). The van der Waals surface area contributed by atoms with Crippen molar-refractivity contribution in [1.29, 1.82) is 0 Å². The molecule has 3 aliphatic rings. The van der Waals surface area contributed by atoms with E-state index in [-0.39, 0.29) is 24.0 Å². The predicted molar refractivity (Wildman–Crippen MR) is 137 cm³/mol. The average Bonchev–Trinajstić information content (AvgIpc) is 3.49. The lowest BCUT2D eigenvalue weighted by atomic mass is 9.95. The van der Waals surface area contributed by atoms with Crippen molar-refractivity contribution in [2.75, 3.05) is 49.3 Å². The Morgan fingerprint density at radius 2 is 2.11 bits per heavy atom. The van der Waals surface area contributed by atoms with E-state index < -0.39 is 0 Å². The second-order valence-electron chi connectivity index (χ2n) is 9.04. The average molecular weight is 507 g/mol. The normalized spacial score (nSPS) is 20.5. The molecule has 9 nitrogen and oxygen atoms in total. The minimum atomic E-state index is -0.374. The van der Waals surface area contributed by atoms with Gasteiger partial charge in [-0.15, -0.1) is 11.8 Å². The number of cyclic esters (lactones) is 1. The Morgan fingerprint density at radius 1 is 1.22 bits per heavy atom. The minimum Gasteiger partial charge on any atom is -0.493 e. The summed E-state index contributed by atoms with van der Waals surface area (Å²) in [6.45, 7) is 2.38. The Kier molecular flexibility index (Phi) is 6.06. The summed E-state index contributed by atoms with van der Waals surface area (Å²) in [4.78, 5) is 31.5. The fraction of sp³-hybridized carbons (Fsp3) is 0.346. The van der Waals surface area contributed by atoms with Gasteiger partial charge in [-0.1, -0.05) is 0 Å². The molecule has 1 saturated heterocycles. The van der Waals surface area contributed by atoms with Gasteiger partial charge in [0.05, 0.1) is 37.2 Å². The van der Waals surface area contributed by atoms with Crippen molar-refractivity contribution in [3.05, 3.63) is 48.0 Å². The zero-order valence-electron chi connectivity index (χ0n) is 19.8. The number of carbonyl (C=O) groups excluding carboxylic acids is 2. The minimum absolute atomic E-state index is 0.0334. The van der Waals surface area contributed by atoms with Gasteiger partial charge in [-0.25, -0.2) is 9.78 Å². The molecular formula is C26H26N4O5S. The number of amides is 2. The number of nitrogens with zero attached hydrogens (tertiary/aromatic N) is 2. The van der Waals surface area contributed by atoms with E-state index >= 15 is 0 Å². The molecule has 1 aromatic heterocycles. The van der Waals surface area contributed by atoms with Gasteiger partial charge in [0.15, 0.2) is 0 Å². The molecule has 0 bridgehead atoms. The number of ether oxygens (including phenoxy) is 3. The van der Waals surface area contributed by atoms with E-state index in [1.54, 1.807) is 12.0 Å². The third kappa shape index (κ3) is 4.31. The number of fused-ring (bicyclic) bond motifs is 4. The van der Waals surface area contributed by atoms with E-state index in [0.717, 1.165) is 51.5 Å². The van der Waals surface area contributed by atoms with Crippen molar-refractivity contribution in [3.63, 3.8) is 0 Å². The monoisotopic (exact) mass is 506 g/mol. The third-order valence-electron chi connectivity index (χ3n) is 6.72. The van der Waals surface area contributed by atoms with Gasteiger partial charge in [0.2, 0.25) is 11.8 Å². The summed E-state index contributed by atoms with van der Waals surface area (Å²) < 4.78 is 16.8. The molecule has 0 saturated carbocycles. The first kappa shape index (κ1) is 22.9. The maximum absolute atomic E-state index is 12.5. The van der Waals surface area contributed by atoms with E-state index in [4.69, 9.17) is 14.2 Å². The number of rotatable bonds is 7. The molecule has 3 aromatic rings. The van der Waals surface area contributed by atoms with Gasteiger partial charge in [-0.05, 0) is 49.4 Å². The molecule has 36 heavy (non-hydrogen) atoms. The quantitative estimate of drug-likeness (QED) is 0.467. The second-order valence-corrected chi connectivity index (χ2v) is 10.1. The number of benzene rings is 2. The molecule has 3 aliphatic heterocycles. The van der Waals surface area contributed by atoms with E-state index in [1.165, 1.54) is 11.8 Å². The summed E-state index contributed by atoms with van der Waals surface area (Å²) in [6.07, 6.45) is 0.245. The number of methoxy groups -OCH3 is 1. The van der Waals surface area contributed by atoms with Gasteiger partial charge in [0.1, 0.15) is 11.9 Å².